The highest BCUT2D eigenvalue weighted by Crippen LogP contribution is 2.04. The van der Waals surface area contributed by atoms with E-state index in [2.05, 4.69) is 5.43 Å². The van der Waals surface area contributed by atoms with E-state index in [1.807, 2.05) is 26.0 Å². The van der Waals surface area contributed by atoms with Crippen LogP contribution in [0.4, 0.5) is 0 Å². The van der Waals surface area contributed by atoms with Gasteiger partial charge in [-0.15, -0.1) is 0 Å². The van der Waals surface area contributed by atoms with Crippen molar-refractivity contribution in [1.82, 2.24) is 4.68 Å². The van der Waals surface area contributed by atoms with Crippen molar-refractivity contribution in [3.8, 4) is 0 Å². The quantitative estimate of drug-likeness (QED) is 0.736. The zero-order valence-electron chi connectivity index (χ0n) is 8.03. The van der Waals surface area contributed by atoms with Gasteiger partial charge in [0.25, 0.3) is 0 Å². The fraction of sp³-hybridized carbons (Fsp3) is 0.444. The second-order valence-electron chi connectivity index (χ2n) is 3.14. The molecule has 0 spiro atoms. The van der Waals surface area contributed by atoms with Crippen LogP contribution >= 0.6 is 0 Å². The monoisotopic (exact) mass is 182 g/mol. The van der Waals surface area contributed by atoms with Crippen LogP contribution in [0.25, 0.3) is 0 Å². The number of nitrogens with one attached hydrogen (secondary N) is 1. The van der Waals surface area contributed by atoms with E-state index in [-0.39, 0.29) is 0 Å². The van der Waals surface area contributed by atoms with Gasteiger partial charge in [0.1, 0.15) is 6.04 Å². The van der Waals surface area contributed by atoms with Gasteiger partial charge < -0.3 is 10.5 Å². The van der Waals surface area contributed by atoms with Crippen molar-refractivity contribution in [2.24, 2.45) is 0 Å². The second kappa shape index (κ2) is 3.51. The Morgan fingerprint density at radius 2 is 1.92 bits per heavy atom. The summed E-state index contributed by atoms with van der Waals surface area (Å²) < 4.78 is 1.78. The third-order valence-electron chi connectivity index (χ3n) is 1.96. The molecule has 0 radical (unpaired) electrons. The maximum Gasteiger partial charge on any atom is 0.327 e. The van der Waals surface area contributed by atoms with Crippen LogP contribution in [0.3, 0.4) is 0 Å². The van der Waals surface area contributed by atoms with Crippen LogP contribution in [0, 0.1) is 13.8 Å². The molecule has 2 N–H and O–H groups in total. The Morgan fingerprint density at radius 3 is 2.31 bits per heavy atom. The normalized spacial score (nSPS) is 12.5. The smallest absolute Gasteiger partial charge is 0.327 e. The van der Waals surface area contributed by atoms with E-state index in [1.54, 1.807) is 11.6 Å². The van der Waals surface area contributed by atoms with Gasteiger partial charge in [-0.1, -0.05) is 0 Å². The van der Waals surface area contributed by atoms with Crippen LogP contribution in [0.5, 0.6) is 0 Å². The summed E-state index contributed by atoms with van der Waals surface area (Å²) >= 11 is 0. The Hall–Kier alpha value is -1.45. The molecule has 72 valence electrons. The van der Waals surface area contributed by atoms with Crippen molar-refractivity contribution in [3.63, 3.8) is 0 Å². The maximum atomic E-state index is 10.6. The first-order valence-corrected chi connectivity index (χ1v) is 4.16. The highest BCUT2D eigenvalue weighted by atomic mass is 16.4. The van der Waals surface area contributed by atoms with E-state index in [0.717, 1.165) is 11.4 Å². The van der Waals surface area contributed by atoms with Gasteiger partial charge in [-0.25, -0.2) is 4.79 Å². The molecule has 1 rings (SSSR count). The molecule has 0 fully saturated rings. The Balaban J connectivity index is 2.79. The molecule has 1 atom stereocenters. The van der Waals surface area contributed by atoms with Crippen molar-refractivity contribution >= 4 is 5.97 Å². The Kier molecular flexibility index (Phi) is 2.60. The Morgan fingerprint density at radius 1 is 1.46 bits per heavy atom. The fourth-order valence-corrected chi connectivity index (χ4v) is 1.12. The summed E-state index contributed by atoms with van der Waals surface area (Å²) in [6, 6.07) is 3.30. The highest BCUT2D eigenvalue weighted by molar-refractivity contribution is 5.74. The molecule has 4 heteroatoms. The summed E-state index contributed by atoms with van der Waals surface area (Å²) in [5.41, 5.74) is 4.89. The number of aliphatic carboxylic acids is 1. The molecule has 1 aromatic rings. The molecular formula is C9H14N2O2. The summed E-state index contributed by atoms with van der Waals surface area (Å²) in [5, 5.41) is 8.69. The molecule has 4 nitrogen and oxygen atoms in total. The lowest BCUT2D eigenvalue weighted by Gasteiger charge is -2.15. The first-order valence-electron chi connectivity index (χ1n) is 4.16. The van der Waals surface area contributed by atoms with E-state index < -0.39 is 12.0 Å². The zero-order valence-corrected chi connectivity index (χ0v) is 8.03. The molecule has 0 aliphatic carbocycles. The molecular weight excluding hydrogens is 168 g/mol. The molecule has 13 heavy (non-hydrogen) atoms. The molecule has 0 aliphatic heterocycles. The first kappa shape index (κ1) is 9.64. The van der Waals surface area contributed by atoms with Crippen molar-refractivity contribution < 1.29 is 9.90 Å². The van der Waals surface area contributed by atoms with Crippen molar-refractivity contribution in [1.29, 1.82) is 0 Å². The molecule has 0 saturated carbocycles. The largest absolute Gasteiger partial charge is 0.480 e. The minimum atomic E-state index is -0.854. The van der Waals surface area contributed by atoms with Gasteiger partial charge in [-0.05, 0) is 32.9 Å². The molecule has 1 aromatic heterocycles. The summed E-state index contributed by atoms with van der Waals surface area (Å²) in [4.78, 5) is 10.6. The SMILES string of the molecule is Cc1ccc(C)n1NC(C)C(=O)O. The summed E-state index contributed by atoms with van der Waals surface area (Å²) in [6.45, 7) is 5.46. The third kappa shape index (κ3) is 2.02. The van der Waals surface area contributed by atoms with Gasteiger partial charge in [0, 0.05) is 11.4 Å². The van der Waals surface area contributed by atoms with Crippen LogP contribution in [-0.2, 0) is 4.79 Å². The van der Waals surface area contributed by atoms with E-state index in [9.17, 15) is 4.79 Å². The van der Waals surface area contributed by atoms with Gasteiger partial charge in [0.05, 0.1) is 0 Å². The van der Waals surface area contributed by atoms with E-state index >= 15 is 0 Å². The van der Waals surface area contributed by atoms with E-state index in [1.165, 1.54) is 0 Å². The van der Waals surface area contributed by atoms with Gasteiger partial charge in [0.2, 0.25) is 0 Å². The van der Waals surface area contributed by atoms with Crippen LogP contribution in [0.1, 0.15) is 18.3 Å². The molecule has 0 amide bonds. The van der Waals surface area contributed by atoms with Gasteiger partial charge in [0.15, 0.2) is 0 Å². The molecule has 0 saturated heterocycles. The number of carboxylic acid groups (broad SMARTS) is 1. The average molecular weight is 182 g/mol. The lowest BCUT2D eigenvalue weighted by atomic mass is 10.4. The third-order valence-corrected chi connectivity index (χ3v) is 1.96. The van der Waals surface area contributed by atoms with E-state index in [4.69, 9.17) is 5.11 Å². The number of hydrogen-bond donors (Lipinski definition) is 2. The fourth-order valence-electron chi connectivity index (χ4n) is 1.12. The lowest BCUT2D eigenvalue weighted by molar-refractivity contribution is -0.137. The standard InChI is InChI=1S/C9H14N2O2/c1-6-4-5-7(2)11(6)10-8(3)9(12)13/h4-5,8,10H,1-3H3,(H,12,13). The number of carbonyl (C=O) groups is 1. The molecule has 0 bridgehead atoms. The van der Waals surface area contributed by atoms with Crippen molar-refractivity contribution in [3.05, 3.63) is 23.5 Å². The number of rotatable bonds is 3. The van der Waals surface area contributed by atoms with Gasteiger partial charge in [-0.3, -0.25) is 4.68 Å². The molecule has 0 aromatic carbocycles. The summed E-state index contributed by atoms with van der Waals surface area (Å²) in [6.07, 6.45) is 0. The number of carboxylic acids is 1. The molecule has 1 unspecified atom stereocenters. The Bertz CT molecular complexity index is 298. The summed E-state index contributed by atoms with van der Waals surface area (Å²) in [5.74, 6) is -0.854. The summed E-state index contributed by atoms with van der Waals surface area (Å²) in [7, 11) is 0. The molecule has 1 heterocycles. The first-order chi connectivity index (χ1) is 6.02. The second-order valence-corrected chi connectivity index (χ2v) is 3.14. The number of hydrogen-bond acceptors (Lipinski definition) is 2. The van der Waals surface area contributed by atoms with Crippen LogP contribution in [0.2, 0.25) is 0 Å². The van der Waals surface area contributed by atoms with Gasteiger partial charge >= 0.3 is 5.97 Å². The van der Waals surface area contributed by atoms with Crippen molar-refractivity contribution in [2.75, 3.05) is 5.43 Å². The van der Waals surface area contributed by atoms with Gasteiger partial charge in [-0.2, -0.15) is 0 Å². The number of nitrogens with zero attached hydrogens (tertiary/aromatic N) is 1. The van der Waals surface area contributed by atoms with E-state index in [0.29, 0.717) is 0 Å². The van der Waals surface area contributed by atoms with Crippen LogP contribution in [-0.4, -0.2) is 21.8 Å². The zero-order chi connectivity index (χ0) is 10.0. The van der Waals surface area contributed by atoms with Crippen LogP contribution < -0.4 is 5.43 Å². The highest BCUT2D eigenvalue weighted by Gasteiger charge is 2.11. The molecule has 0 aliphatic rings. The predicted octanol–water partition coefficient (Wildman–Crippen LogP) is 1.12. The minimum absolute atomic E-state index is 0.579. The predicted molar refractivity (Wildman–Crippen MR) is 50.4 cm³/mol. The van der Waals surface area contributed by atoms with Crippen LogP contribution in [0.15, 0.2) is 12.1 Å². The van der Waals surface area contributed by atoms with Crippen molar-refractivity contribution in [2.45, 2.75) is 26.8 Å². The lowest BCUT2D eigenvalue weighted by Crippen LogP contribution is -2.33. The average Bonchev–Trinajstić information content (AvgIpc) is 2.35. The number of aromatic nitrogens is 1. The number of aryl methyl sites for hydroxylation is 2. The topological polar surface area (TPSA) is 54.3 Å². The minimum Gasteiger partial charge on any atom is -0.480 e. The Labute approximate surface area is 77.2 Å². The maximum absolute atomic E-state index is 10.6.